The molecule has 0 saturated carbocycles. The first-order valence-electron chi connectivity index (χ1n) is 12.6. The number of para-hydroxylation sites is 2. The molecule has 7 aromatic rings. The molecule has 1 aliphatic rings. The van der Waals surface area contributed by atoms with Crippen LogP contribution >= 0.6 is 0 Å². The van der Waals surface area contributed by atoms with Crippen molar-refractivity contribution in [1.29, 1.82) is 0 Å². The van der Waals surface area contributed by atoms with Crippen LogP contribution < -0.4 is 0 Å². The first-order valence-corrected chi connectivity index (χ1v) is 12.6. The van der Waals surface area contributed by atoms with E-state index in [1.54, 1.807) is 0 Å². The molecule has 2 heterocycles. The van der Waals surface area contributed by atoms with E-state index in [9.17, 15) is 0 Å². The van der Waals surface area contributed by atoms with Crippen molar-refractivity contribution in [3.63, 3.8) is 0 Å². The van der Waals surface area contributed by atoms with E-state index in [0.29, 0.717) is 0 Å². The largest absolute Gasteiger partial charge is 0.332 e. The summed E-state index contributed by atoms with van der Waals surface area (Å²) in [6.07, 6.45) is 1.91. The van der Waals surface area contributed by atoms with Gasteiger partial charge >= 0.3 is 0 Å². The molecule has 8 rings (SSSR count). The predicted molar refractivity (Wildman–Crippen MR) is 150 cm³/mol. The summed E-state index contributed by atoms with van der Waals surface area (Å²) in [6.45, 7) is 4.70. The van der Waals surface area contributed by atoms with Gasteiger partial charge in [-0.15, -0.1) is 0 Å². The molecule has 3 nitrogen and oxygen atoms in total. The summed E-state index contributed by atoms with van der Waals surface area (Å²) in [5.41, 5.74) is 11.3. The predicted octanol–water partition coefficient (Wildman–Crippen LogP) is 8.13. The number of benzene rings is 5. The highest BCUT2D eigenvalue weighted by Gasteiger charge is 2.36. The van der Waals surface area contributed by atoms with Crippen LogP contribution in [0.5, 0.6) is 0 Å². The summed E-state index contributed by atoms with van der Waals surface area (Å²) in [5, 5.41) is 5.16. The van der Waals surface area contributed by atoms with Gasteiger partial charge in [-0.05, 0) is 45.8 Å². The lowest BCUT2D eigenvalue weighted by atomic mass is 9.82. The molecule has 36 heavy (non-hydrogen) atoms. The normalized spacial score (nSPS) is 14.2. The zero-order valence-electron chi connectivity index (χ0n) is 20.6. The number of imidazole rings is 1. The lowest BCUT2D eigenvalue weighted by molar-refractivity contribution is 0.661. The van der Waals surface area contributed by atoms with E-state index in [0.717, 1.165) is 16.7 Å². The van der Waals surface area contributed by atoms with Crippen LogP contribution in [-0.4, -0.2) is 14.1 Å². The Balaban J connectivity index is 1.60. The lowest BCUT2D eigenvalue weighted by Gasteiger charge is -2.21. The van der Waals surface area contributed by atoms with Crippen molar-refractivity contribution < 1.29 is 0 Å². The van der Waals surface area contributed by atoms with Crippen molar-refractivity contribution in [1.82, 2.24) is 14.1 Å². The highest BCUT2D eigenvalue weighted by molar-refractivity contribution is 6.21. The third kappa shape index (κ3) is 2.31. The van der Waals surface area contributed by atoms with Crippen molar-refractivity contribution in [3.8, 4) is 16.8 Å². The van der Waals surface area contributed by atoms with Gasteiger partial charge in [-0.3, -0.25) is 0 Å². The summed E-state index contributed by atoms with van der Waals surface area (Å²) < 4.78 is 4.59. The standard InChI is InChI=1S/C33H25N3/c1-33(2)25-11-6-4-10-24(25)30-21-15-16-22-20-9-5-7-13-28(20)36(31(22)23(21)17-18-26(30)33)29-14-8-12-27-32(29)35(3)19-34-27/h4-19H,1-3H3. The molecule has 5 aromatic carbocycles. The summed E-state index contributed by atoms with van der Waals surface area (Å²) in [4.78, 5) is 4.65. The van der Waals surface area contributed by atoms with E-state index < -0.39 is 0 Å². The van der Waals surface area contributed by atoms with Gasteiger partial charge in [-0.2, -0.15) is 0 Å². The molecule has 2 aromatic heterocycles. The van der Waals surface area contributed by atoms with E-state index in [2.05, 4.69) is 126 Å². The number of aromatic nitrogens is 3. The highest BCUT2D eigenvalue weighted by Crippen LogP contribution is 2.52. The number of aryl methyl sites for hydroxylation is 1. The molecule has 172 valence electrons. The summed E-state index contributed by atoms with van der Waals surface area (Å²) in [5.74, 6) is 0. The second kappa shape index (κ2) is 6.64. The maximum atomic E-state index is 4.65. The molecule has 0 N–H and O–H groups in total. The van der Waals surface area contributed by atoms with Crippen molar-refractivity contribution in [2.24, 2.45) is 7.05 Å². The lowest BCUT2D eigenvalue weighted by Crippen LogP contribution is -2.14. The van der Waals surface area contributed by atoms with Gasteiger partial charge < -0.3 is 9.13 Å². The first kappa shape index (κ1) is 19.9. The van der Waals surface area contributed by atoms with E-state index in [4.69, 9.17) is 0 Å². The van der Waals surface area contributed by atoms with Crippen LogP contribution in [0.4, 0.5) is 0 Å². The molecule has 0 radical (unpaired) electrons. The Kier molecular flexibility index (Phi) is 3.67. The van der Waals surface area contributed by atoms with E-state index in [1.165, 1.54) is 54.8 Å². The van der Waals surface area contributed by atoms with Crippen LogP contribution in [-0.2, 0) is 12.5 Å². The Morgan fingerprint density at radius 1 is 0.639 bits per heavy atom. The van der Waals surface area contributed by atoms with Crippen LogP contribution in [0.25, 0.3) is 60.4 Å². The average Bonchev–Trinajstić information content (AvgIpc) is 3.53. The monoisotopic (exact) mass is 463 g/mol. The van der Waals surface area contributed by atoms with E-state index in [-0.39, 0.29) is 5.41 Å². The van der Waals surface area contributed by atoms with Gasteiger partial charge in [0.25, 0.3) is 0 Å². The molecule has 0 spiro atoms. The highest BCUT2D eigenvalue weighted by atomic mass is 15.1. The second-order valence-corrected chi connectivity index (χ2v) is 10.6. The van der Waals surface area contributed by atoms with E-state index in [1.807, 2.05) is 6.33 Å². The Labute approximate surface area is 209 Å². The van der Waals surface area contributed by atoms with Crippen LogP contribution in [0.15, 0.2) is 97.3 Å². The summed E-state index contributed by atoms with van der Waals surface area (Å²) >= 11 is 0. The van der Waals surface area contributed by atoms with Gasteiger partial charge in [0.05, 0.1) is 34.1 Å². The SMILES string of the molecule is Cn1cnc2cccc(-n3c4ccccc4c4ccc5c6c(ccc5c43)C(C)(C)c3ccccc3-6)c21. The molecule has 3 heteroatoms. The minimum atomic E-state index is -0.0118. The minimum absolute atomic E-state index is 0.0118. The number of rotatable bonds is 1. The van der Waals surface area contributed by atoms with Crippen molar-refractivity contribution in [2.75, 3.05) is 0 Å². The van der Waals surface area contributed by atoms with Gasteiger partial charge in [-0.1, -0.05) is 86.6 Å². The molecule has 0 fully saturated rings. The van der Waals surface area contributed by atoms with Gasteiger partial charge in [0.2, 0.25) is 0 Å². The van der Waals surface area contributed by atoms with E-state index >= 15 is 0 Å². The fraction of sp³-hybridized carbons (Fsp3) is 0.121. The number of hydrogen-bond acceptors (Lipinski definition) is 1. The van der Waals surface area contributed by atoms with Crippen molar-refractivity contribution >= 4 is 43.6 Å². The van der Waals surface area contributed by atoms with Crippen LogP contribution in [0, 0.1) is 0 Å². The fourth-order valence-corrected chi connectivity index (χ4v) is 6.69. The summed E-state index contributed by atoms with van der Waals surface area (Å²) in [6, 6.07) is 33.5. The van der Waals surface area contributed by atoms with Crippen LogP contribution in [0.1, 0.15) is 25.0 Å². The zero-order chi connectivity index (χ0) is 24.2. The maximum Gasteiger partial charge on any atom is 0.0956 e. The third-order valence-corrected chi connectivity index (χ3v) is 8.33. The molecular formula is C33H25N3. The molecule has 0 atom stereocenters. The zero-order valence-corrected chi connectivity index (χ0v) is 20.6. The second-order valence-electron chi connectivity index (χ2n) is 10.6. The van der Waals surface area contributed by atoms with Crippen LogP contribution in [0.2, 0.25) is 0 Å². The number of hydrogen-bond donors (Lipinski definition) is 0. The number of fused-ring (bicyclic) bond motifs is 10. The van der Waals surface area contributed by atoms with Gasteiger partial charge in [0.15, 0.2) is 0 Å². The van der Waals surface area contributed by atoms with Gasteiger partial charge in [0, 0.05) is 28.6 Å². The topological polar surface area (TPSA) is 22.8 Å². The Morgan fingerprint density at radius 2 is 1.39 bits per heavy atom. The maximum absolute atomic E-state index is 4.65. The molecule has 0 unspecified atom stereocenters. The van der Waals surface area contributed by atoms with Crippen molar-refractivity contribution in [3.05, 3.63) is 108 Å². The minimum Gasteiger partial charge on any atom is -0.332 e. The van der Waals surface area contributed by atoms with Gasteiger partial charge in [0.1, 0.15) is 0 Å². The Bertz CT molecular complexity index is 2030. The molecule has 1 aliphatic carbocycles. The average molecular weight is 464 g/mol. The van der Waals surface area contributed by atoms with Crippen molar-refractivity contribution in [2.45, 2.75) is 19.3 Å². The molecular weight excluding hydrogens is 438 g/mol. The number of nitrogens with zero attached hydrogens (tertiary/aromatic N) is 3. The van der Waals surface area contributed by atoms with Gasteiger partial charge in [-0.25, -0.2) is 4.98 Å². The molecule has 0 aliphatic heterocycles. The Hall–Kier alpha value is -4.37. The Morgan fingerprint density at radius 3 is 2.31 bits per heavy atom. The smallest absolute Gasteiger partial charge is 0.0956 e. The quantitative estimate of drug-likeness (QED) is 0.241. The molecule has 0 bridgehead atoms. The third-order valence-electron chi connectivity index (χ3n) is 8.33. The summed E-state index contributed by atoms with van der Waals surface area (Å²) in [7, 11) is 2.08. The molecule has 0 saturated heterocycles. The van der Waals surface area contributed by atoms with Crippen LogP contribution in [0.3, 0.4) is 0 Å². The molecule has 0 amide bonds. The fourth-order valence-electron chi connectivity index (χ4n) is 6.69. The first-order chi connectivity index (χ1) is 17.6.